The van der Waals surface area contributed by atoms with Crippen molar-refractivity contribution < 1.29 is 4.79 Å². The molecule has 0 spiro atoms. The van der Waals surface area contributed by atoms with Crippen molar-refractivity contribution in [2.75, 3.05) is 26.2 Å². The summed E-state index contributed by atoms with van der Waals surface area (Å²) >= 11 is 1.46. The Balaban J connectivity index is 1.52. The van der Waals surface area contributed by atoms with Gasteiger partial charge in [-0.2, -0.15) is 0 Å². The lowest BCUT2D eigenvalue weighted by Crippen LogP contribution is -2.44. The van der Waals surface area contributed by atoms with E-state index in [1.165, 1.54) is 11.3 Å². The molecule has 7 heteroatoms. The molecule has 1 aliphatic heterocycles. The summed E-state index contributed by atoms with van der Waals surface area (Å²) in [6, 6.07) is 10.1. The van der Waals surface area contributed by atoms with Crippen LogP contribution in [0.3, 0.4) is 0 Å². The Hall–Kier alpha value is -3.16. The van der Waals surface area contributed by atoms with Crippen LogP contribution in [0.25, 0.3) is 21.6 Å². The molecule has 154 valence electrons. The smallest absolute Gasteiger partial charge is 0.275 e. The predicted molar refractivity (Wildman–Crippen MR) is 123 cm³/mol. The van der Waals surface area contributed by atoms with E-state index in [1.54, 1.807) is 11.5 Å². The van der Waals surface area contributed by atoms with Gasteiger partial charge >= 0.3 is 0 Å². The maximum absolute atomic E-state index is 12.9. The minimum atomic E-state index is -0.216. The second kappa shape index (κ2) is 9.11. The number of nitrogens with one attached hydrogen (secondary N) is 3. The number of amides is 1. The van der Waals surface area contributed by atoms with Gasteiger partial charge in [0.15, 0.2) is 0 Å². The summed E-state index contributed by atoms with van der Waals surface area (Å²) in [6.45, 7) is 9.35. The van der Waals surface area contributed by atoms with Crippen molar-refractivity contribution >= 4 is 28.1 Å². The van der Waals surface area contributed by atoms with Crippen LogP contribution >= 0.6 is 11.3 Å². The number of carbonyl (C=O) groups is 1. The molecule has 30 heavy (non-hydrogen) atoms. The van der Waals surface area contributed by atoms with Crippen LogP contribution in [0.15, 0.2) is 71.9 Å². The number of allylic oxidation sites excluding steroid dienone is 3. The van der Waals surface area contributed by atoms with Crippen LogP contribution in [0.4, 0.5) is 0 Å². The summed E-state index contributed by atoms with van der Waals surface area (Å²) in [5.41, 5.74) is 4.11. The zero-order valence-electron chi connectivity index (χ0n) is 16.9. The molecule has 0 aliphatic carbocycles. The highest BCUT2D eigenvalue weighted by molar-refractivity contribution is 7.13. The maximum atomic E-state index is 12.9. The van der Waals surface area contributed by atoms with Crippen molar-refractivity contribution in [3.05, 3.63) is 77.6 Å². The van der Waals surface area contributed by atoms with E-state index in [-0.39, 0.29) is 5.91 Å². The predicted octanol–water partition coefficient (Wildman–Crippen LogP) is 3.90. The number of aromatic nitrogens is 2. The van der Waals surface area contributed by atoms with Crippen LogP contribution in [0.2, 0.25) is 0 Å². The number of nitrogens with zero attached hydrogens (tertiary/aromatic N) is 2. The second-order valence-corrected chi connectivity index (χ2v) is 7.85. The summed E-state index contributed by atoms with van der Waals surface area (Å²) in [5.74, 6) is -0.216. The standard InChI is InChI=1S/C23H25N5OS/c1-3-7-21(28-12-10-24-11-13-28)17(4-2)26-22(29)20-15-30-23(27-20)19-14-16-8-5-6-9-18(16)25-19/h3-9,14-15,24-25H,1,10-13H2,2H3,(H,26,29)/b17-4+,21-7+. The summed E-state index contributed by atoms with van der Waals surface area (Å²) in [7, 11) is 0. The van der Waals surface area contributed by atoms with Crippen molar-refractivity contribution in [3.8, 4) is 10.7 Å². The molecule has 2 aromatic heterocycles. The number of aromatic amines is 1. The molecule has 1 saturated heterocycles. The van der Waals surface area contributed by atoms with Crippen LogP contribution in [-0.4, -0.2) is 47.0 Å². The molecule has 0 unspecified atom stereocenters. The van der Waals surface area contributed by atoms with E-state index in [0.717, 1.165) is 59.2 Å². The average Bonchev–Trinajstić information content (AvgIpc) is 3.43. The Morgan fingerprint density at radius 2 is 2.10 bits per heavy atom. The third-order valence-electron chi connectivity index (χ3n) is 5.04. The van der Waals surface area contributed by atoms with E-state index in [1.807, 2.05) is 37.3 Å². The highest BCUT2D eigenvalue weighted by Crippen LogP contribution is 2.27. The zero-order chi connectivity index (χ0) is 20.9. The molecule has 1 fully saturated rings. The Labute approximate surface area is 180 Å². The summed E-state index contributed by atoms with van der Waals surface area (Å²) < 4.78 is 0. The number of thiazole rings is 1. The van der Waals surface area contributed by atoms with E-state index in [9.17, 15) is 4.79 Å². The Morgan fingerprint density at radius 3 is 2.83 bits per heavy atom. The first kappa shape index (κ1) is 20.1. The van der Waals surface area contributed by atoms with E-state index >= 15 is 0 Å². The van der Waals surface area contributed by atoms with E-state index in [4.69, 9.17) is 0 Å². The van der Waals surface area contributed by atoms with E-state index in [0.29, 0.717) is 5.69 Å². The molecule has 0 saturated carbocycles. The normalized spacial score (nSPS) is 15.4. The number of benzene rings is 1. The van der Waals surface area contributed by atoms with Gasteiger partial charge in [-0.3, -0.25) is 4.79 Å². The maximum Gasteiger partial charge on any atom is 0.275 e. The van der Waals surface area contributed by atoms with Crippen molar-refractivity contribution in [3.63, 3.8) is 0 Å². The monoisotopic (exact) mass is 419 g/mol. The van der Waals surface area contributed by atoms with Gasteiger partial charge in [0.2, 0.25) is 0 Å². The number of fused-ring (bicyclic) bond motifs is 1. The summed E-state index contributed by atoms with van der Waals surface area (Å²) in [6.07, 6.45) is 5.61. The van der Waals surface area contributed by atoms with Gasteiger partial charge in [0.25, 0.3) is 5.91 Å². The largest absolute Gasteiger partial charge is 0.367 e. The molecule has 0 atom stereocenters. The van der Waals surface area contributed by atoms with Gasteiger partial charge in [0.1, 0.15) is 10.7 Å². The van der Waals surface area contributed by atoms with Crippen molar-refractivity contribution in [2.45, 2.75) is 6.92 Å². The molecule has 3 heterocycles. The van der Waals surface area contributed by atoms with Gasteiger partial charge in [-0.1, -0.05) is 36.9 Å². The van der Waals surface area contributed by atoms with Crippen LogP contribution in [0.5, 0.6) is 0 Å². The number of rotatable bonds is 6. The first-order valence-electron chi connectivity index (χ1n) is 9.99. The minimum absolute atomic E-state index is 0.216. The van der Waals surface area contributed by atoms with Crippen molar-refractivity contribution in [2.24, 2.45) is 0 Å². The molecular weight excluding hydrogens is 394 g/mol. The molecule has 1 amide bonds. The molecule has 0 radical (unpaired) electrons. The van der Waals surface area contributed by atoms with Gasteiger partial charge in [-0.25, -0.2) is 4.98 Å². The molecule has 1 aliphatic rings. The van der Waals surface area contributed by atoms with Crippen molar-refractivity contribution in [1.29, 1.82) is 0 Å². The number of piperazine rings is 1. The molecule has 3 aromatic rings. The SMILES string of the molecule is C=C/C=C(\C(=C/C)NC(=O)c1csc(-c2cc3ccccc3[nH]2)n1)N1CCNCC1. The topological polar surface area (TPSA) is 73.0 Å². The zero-order valence-corrected chi connectivity index (χ0v) is 17.8. The molecule has 1 aromatic carbocycles. The van der Waals surface area contributed by atoms with Gasteiger partial charge in [0, 0.05) is 42.5 Å². The van der Waals surface area contributed by atoms with Gasteiger partial charge in [0.05, 0.1) is 17.1 Å². The van der Waals surface area contributed by atoms with Crippen molar-refractivity contribution in [1.82, 2.24) is 25.5 Å². The molecular formula is C23H25N5OS. The minimum Gasteiger partial charge on any atom is -0.367 e. The molecule has 4 rings (SSSR count). The number of H-pyrrole nitrogens is 1. The van der Waals surface area contributed by atoms with Crippen LogP contribution < -0.4 is 10.6 Å². The fourth-order valence-corrected chi connectivity index (χ4v) is 4.31. The van der Waals surface area contributed by atoms with Gasteiger partial charge < -0.3 is 20.5 Å². The van der Waals surface area contributed by atoms with E-state index < -0.39 is 0 Å². The Morgan fingerprint density at radius 1 is 1.30 bits per heavy atom. The van der Waals surface area contributed by atoms with Gasteiger partial charge in [-0.15, -0.1) is 11.3 Å². The summed E-state index contributed by atoms with van der Waals surface area (Å²) in [5, 5.41) is 10.1. The van der Waals surface area contributed by atoms with E-state index in [2.05, 4.69) is 44.2 Å². The third-order valence-corrected chi connectivity index (χ3v) is 5.92. The number of carbonyl (C=O) groups excluding carboxylic acids is 1. The van der Waals surface area contributed by atoms with Crippen LogP contribution in [0.1, 0.15) is 17.4 Å². The first-order chi connectivity index (χ1) is 14.7. The highest BCUT2D eigenvalue weighted by atomic mass is 32.1. The highest BCUT2D eigenvalue weighted by Gasteiger charge is 2.19. The number of hydrogen-bond donors (Lipinski definition) is 3. The lowest BCUT2D eigenvalue weighted by Gasteiger charge is -2.32. The second-order valence-electron chi connectivity index (χ2n) is 6.99. The average molecular weight is 420 g/mol. The first-order valence-corrected chi connectivity index (χ1v) is 10.9. The summed E-state index contributed by atoms with van der Waals surface area (Å²) in [4.78, 5) is 23.1. The fraction of sp³-hybridized carbons (Fsp3) is 0.217. The quantitative estimate of drug-likeness (QED) is 0.530. The number of para-hydroxylation sites is 1. The Kier molecular flexibility index (Phi) is 6.11. The van der Waals surface area contributed by atoms with Gasteiger partial charge in [-0.05, 0) is 25.1 Å². The van der Waals surface area contributed by atoms with Crippen LogP contribution in [-0.2, 0) is 0 Å². The van der Waals surface area contributed by atoms with Crippen LogP contribution in [0, 0.1) is 0 Å². The Bertz CT molecular complexity index is 1080. The molecule has 0 bridgehead atoms. The lowest BCUT2D eigenvalue weighted by atomic mass is 10.2. The third kappa shape index (κ3) is 4.22. The molecule has 3 N–H and O–H groups in total. The fourth-order valence-electron chi connectivity index (χ4n) is 3.54. The molecule has 6 nitrogen and oxygen atoms in total. The lowest BCUT2D eigenvalue weighted by molar-refractivity contribution is 0.0960. The number of hydrogen-bond acceptors (Lipinski definition) is 5.